The summed E-state index contributed by atoms with van der Waals surface area (Å²) in [5.74, 6) is 0. The Labute approximate surface area is 114 Å². The number of aryl methyl sites for hydroxylation is 1. The monoisotopic (exact) mass is 264 g/mol. The van der Waals surface area contributed by atoms with E-state index in [9.17, 15) is 0 Å². The van der Waals surface area contributed by atoms with E-state index in [0.29, 0.717) is 0 Å². The fourth-order valence-electron chi connectivity index (χ4n) is 3.77. The van der Waals surface area contributed by atoms with Gasteiger partial charge in [-0.05, 0) is 50.9 Å². The predicted octanol–water partition coefficient (Wildman–Crippen LogP) is 4.04. The first-order valence-electron chi connectivity index (χ1n) is 7.40. The van der Waals surface area contributed by atoms with Crippen LogP contribution in [-0.2, 0) is 6.54 Å². The molecule has 2 aliphatic carbocycles. The molecule has 3 heteroatoms. The van der Waals surface area contributed by atoms with Crippen molar-refractivity contribution < 1.29 is 0 Å². The second kappa shape index (κ2) is 5.30. The Kier molecular flexibility index (Phi) is 3.71. The van der Waals surface area contributed by atoms with Crippen LogP contribution in [0.5, 0.6) is 0 Å². The van der Waals surface area contributed by atoms with Gasteiger partial charge in [-0.3, -0.25) is 0 Å². The van der Waals surface area contributed by atoms with Gasteiger partial charge >= 0.3 is 0 Å². The Bertz CT molecular complexity index is 383. The minimum atomic E-state index is 0.737. The lowest BCUT2D eigenvalue weighted by Gasteiger charge is -2.37. The number of aromatic nitrogens is 1. The minimum absolute atomic E-state index is 0.737. The van der Waals surface area contributed by atoms with Crippen LogP contribution >= 0.6 is 11.3 Å². The van der Waals surface area contributed by atoms with Crippen LogP contribution in [0.25, 0.3) is 0 Å². The third kappa shape index (κ3) is 2.77. The van der Waals surface area contributed by atoms with Gasteiger partial charge in [-0.25, -0.2) is 4.98 Å². The molecule has 0 unspecified atom stereocenters. The van der Waals surface area contributed by atoms with Crippen LogP contribution in [0, 0.1) is 12.3 Å². The zero-order chi connectivity index (χ0) is 12.4. The summed E-state index contributed by atoms with van der Waals surface area (Å²) in [5.41, 5.74) is 1.92. The molecule has 0 aromatic carbocycles. The minimum Gasteiger partial charge on any atom is -0.308 e. The number of hydrogen-bond acceptors (Lipinski definition) is 3. The summed E-state index contributed by atoms with van der Waals surface area (Å²) in [6, 6.07) is 0.737. The largest absolute Gasteiger partial charge is 0.308 e. The van der Waals surface area contributed by atoms with Crippen LogP contribution in [0.1, 0.15) is 62.1 Å². The maximum Gasteiger partial charge on any atom is 0.107 e. The summed E-state index contributed by atoms with van der Waals surface area (Å²) in [6.45, 7) is 3.04. The zero-order valence-electron chi connectivity index (χ0n) is 11.4. The van der Waals surface area contributed by atoms with Crippen molar-refractivity contribution >= 4 is 11.3 Å². The van der Waals surface area contributed by atoms with Crippen molar-refractivity contribution in [2.75, 3.05) is 0 Å². The third-order valence-electron chi connectivity index (χ3n) is 4.92. The molecule has 2 saturated carbocycles. The molecule has 1 aromatic rings. The van der Waals surface area contributed by atoms with Crippen molar-refractivity contribution in [3.63, 3.8) is 0 Å². The van der Waals surface area contributed by atoms with Gasteiger partial charge in [0.25, 0.3) is 0 Å². The molecule has 1 aromatic heterocycles. The molecule has 1 N–H and O–H groups in total. The van der Waals surface area contributed by atoms with E-state index in [1.54, 1.807) is 11.3 Å². The lowest BCUT2D eigenvalue weighted by molar-refractivity contribution is 0.168. The fraction of sp³-hybridized carbons (Fsp3) is 0.800. The maximum absolute atomic E-state index is 4.52. The number of thiazole rings is 1. The second-order valence-electron chi connectivity index (χ2n) is 6.24. The summed E-state index contributed by atoms with van der Waals surface area (Å²) in [6.07, 6.45) is 11.7. The molecule has 0 saturated heterocycles. The molecule has 2 aliphatic rings. The highest BCUT2D eigenvalue weighted by Gasteiger charge is 2.37. The van der Waals surface area contributed by atoms with Gasteiger partial charge in [-0.1, -0.05) is 12.8 Å². The molecular weight excluding hydrogens is 240 g/mol. The van der Waals surface area contributed by atoms with Crippen molar-refractivity contribution in [1.29, 1.82) is 0 Å². The smallest absolute Gasteiger partial charge is 0.107 e. The first-order valence-corrected chi connectivity index (χ1v) is 8.28. The van der Waals surface area contributed by atoms with Gasteiger partial charge in [0.1, 0.15) is 5.01 Å². The zero-order valence-corrected chi connectivity index (χ0v) is 12.2. The van der Waals surface area contributed by atoms with Crippen LogP contribution in [0.3, 0.4) is 0 Å². The molecule has 0 bridgehead atoms. The van der Waals surface area contributed by atoms with Crippen molar-refractivity contribution in [3.05, 3.63) is 16.1 Å². The molecule has 1 heterocycles. The predicted molar refractivity (Wildman–Crippen MR) is 76.8 cm³/mol. The molecule has 1 spiro atoms. The van der Waals surface area contributed by atoms with Gasteiger partial charge in [0.2, 0.25) is 0 Å². The van der Waals surface area contributed by atoms with Gasteiger partial charge in [0, 0.05) is 23.7 Å². The Morgan fingerprint density at radius 2 is 2.00 bits per heavy atom. The van der Waals surface area contributed by atoms with Crippen LogP contribution in [-0.4, -0.2) is 11.0 Å². The highest BCUT2D eigenvalue weighted by atomic mass is 32.1. The molecule has 100 valence electrons. The number of nitrogens with one attached hydrogen (secondary N) is 1. The van der Waals surface area contributed by atoms with E-state index in [4.69, 9.17) is 0 Å². The van der Waals surface area contributed by atoms with Crippen molar-refractivity contribution in [3.8, 4) is 0 Å². The summed E-state index contributed by atoms with van der Waals surface area (Å²) in [5, 5.41) is 7.09. The Morgan fingerprint density at radius 1 is 1.28 bits per heavy atom. The van der Waals surface area contributed by atoms with Crippen molar-refractivity contribution in [1.82, 2.24) is 10.3 Å². The van der Waals surface area contributed by atoms with Crippen LogP contribution in [0.4, 0.5) is 0 Å². The van der Waals surface area contributed by atoms with E-state index < -0.39 is 0 Å². The lowest BCUT2D eigenvalue weighted by Crippen LogP contribution is -2.36. The first kappa shape index (κ1) is 12.6. The number of nitrogens with zero attached hydrogens (tertiary/aromatic N) is 1. The van der Waals surface area contributed by atoms with Crippen LogP contribution in [0.15, 0.2) is 5.38 Å². The van der Waals surface area contributed by atoms with Gasteiger partial charge in [-0.2, -0.15) is 0 Å². The highest BCUT2D eigenvalue weighted by molar-refractivity contribution is 7.09. The average molecular weight is 264 g/mol. The van der Waals surface area contributed by atoms with E-state index in [0.717, 1.165) is 23.7 Å². The van der Waals surface area contributed by atoms with E-state index in [1.807, 2.05) is 0 Å². The second-order valence-corrected chi connectivity index (χ2v) is 7.19. The van der Waals surface area contributed by atoms with Crippen LogP contribution in [0.2, 0.25) is 0 Å². The topological polar surface area (TPSA) is 24.9 Å². The molecule has 0 amide bonds. The number of hydrogen-bond donors (Lipinski definition) is 1. The molecule has 0 atom stereocenters. The normalized spacial score (nSPS) is 23.8. The Hall–Kier alpha value is -0.410. The Balaban J connectivity index is 1.45. The average Bonchev–Trinajstić information content (AvgIpc) is 2.99. The molecule has 0 radical (unpaired) electrons. The first-order chi connectivity index (χ1) is 8.76. The van der Waals surface area contributed by atoms with Gasteiger partial charge in [-0.15, -0.1) is 11.3 Å². The molecule has 3 rings (SSSR count). The van der Waals surface area contributed by atoms with Crippen molar-refractivity contribution in [2.45, 2.75) is 70.9 Å². The van der Waals surface area contributed by atoms with E-state index >= 15 is 0 Å². The number of rotatable bonds is 3. The summed E-state index contributed by atoms with van der Waals surface area (Å²) in [4.78, 5) is 4.52. The quantitative estimate of drug-likeness (QED) is 0.891. The van der Waals surface area contributed by atoms with Crippen LogP contribution < -0.4 is 5.32 Å². The highest BCUT2D eigenvalue weighted by Crippen LogP contribution is 2.48. The third-order valence-corrected chi connectivity index (χ3v) is 5.89. The van der Waals surface area contributed by atoms with E-state index in [1.165, 1.54) is 56.4 Å². The molecule has 2 fully saturated rings. The van der Waals surface area contributed by atoms with Gasteiger partial charge in [0.05, 0.1) is 0 Å². The van der Waals surface area contributed by atoms with E-state index in [-0.39, 0.29) is 0 Å². The fourth-order valence-corrected chi connectivity index (χ4v) is 4.50. The molecule has 2 nitrogen and oxygen atoms in total. The molecular formula is C15H24N2S. The molecule has 18 heavy (non-hydrogen) atoms. The lowest BCUT2D eigenvalue weighted by atomic mass is 9.71. The maximum atomic E-state index is 4.52. The SMILES string of the molecule is Cc1csc(CNC2CCC3(CCCC3)CC2)n1. The summed E-state index contributed by atoms with van der Waals surface area (Å²) < 4.78 is 0. The van der Waals surface area contributed by atoms with Gasteiger partial charge in [0.15, 0.2) is 0 Å². The van der Waals surface area contributed by atoms with Gasteiger partial charge < -0.3 is 5.32 Å². The summed E-state index contributed by atoms with van der Waals surface area (Å²) in [7, 11) is 0. The summed E-state index contributed by atoms with van der Waals surface area (Å²) >= 11 is 1.78. The molecule has 0 aliphatic heterocycles. The standard InChI is InChI=1S/C15H24N2S/c1-12-11-18-14(17-12)10-16-13-4-8-15(9-5-13)6-2-3-7-15/h11,13,16H,2-10H2,1H3. The van der Waals surface area contributed by atoms with E-state index in [2.05, 4.69) is 22.6 Å². The van der Waals surface area contributed by atoms with Crippen molar-refractivity contribution in [2.24, 2.45) is 5.41 Å². The Morgan fingerprint density at radius 3 is 2.61 bits per heavy atom.